The Morgan fingerprint density at radius 3 is 1.39 bits per heavy atom. The lowest BCUT2D eigenvalue weighted by Crippen LogP contribution is -2.28. The topological polar surface area (TPSA) is 109 Å². The first-order valence-corrected chi connectivity index (χ1v) is 14.3. The highest BCUT2D eigenvalue weighted by Gasteiger charge is 2.20. The molecule has 186 valence electrons. The van der Waals surface area contributed by atoms with E-state index in [-0.39, 0.29) is 22.3 Å². The zero-order chi connectivity index (χ0) is 24.6. The van der Waals surface area contributed by atoms with E-state index in [9.17, 15) is 9.59 Å². The lowest BCUT2D eigenvalue weighted by Gasteiger charge is -2.09. The summed E-state index contributed by atoms with van der Waals surface area (Å²) in [5.41, 5.74) is 7.41. The molecular formula is C22H38N6O2S3. The van der Waals surface area contributed by atoms with Gasteiger partial charge in [0.15, 0.2) is 8.68 Å². The molecule has 1 rings (SSSR count). The third-order valence-corrected chi connectivity index (χ3v) is 7.78. The first-order valence-electron chi connectivity index (χ1n) is 11.7. The van der Waals surface area contributed by atoms with Crippen molar-refractivity contribution in [2.75, 3.05) is 0 Å². The first-order chi connectivity index (χ1) is 15.8. The van der Waals surface area contributed by atoms with E-state index in [1.165, 1.54) is 34.9 Å². The van der Waals surface area contributed by atoms with Crippen molar-refractivity contribution < 1.29 is 9.59 Å². The predicted molar refractivity (Wildman–Crippen MR) is 141 cm³/mol. The van der Waals surface area contributed by atoms with E-state index < -0.39 is 0 Å². The van der Waals surface area contributed by atoms with Crippen LogP contribution in [0.2, 0.25) is 0 Å². The molecule has 2 amide bonds. The lowest BCUT2D eigenvalue weighted by atomic mass is 10.1. The van der Waals surface area contributed by atoms with Crippen LogP contribution in [-0.4, -0.2) is 43.9 Å². The van der Waals surface area contributed by atoms with Crippen LogP contribution in [0, 0.1) is 0 Å². The highest BCUT2D eigenvalue weighted by molar-refractivity contribution is 8.04. The van der Waals surface area contributed by atoms with Gasteiger partial charge in [-0.25, -0.2) is 10.9 Å². The quantitative estimate of drug-likeness (QED) is 0.168. The summed E-state index contributed by atoms with van der Waals surface area (Å²) in [6, 6.07) is 0. The molecule has 0 aromatic carbocycles. The minimum absolute atomic E-state index is 0.158. The Kier molecular flexibility index (Phi) is 15.3. The van der Waals surface area contributed by atoms with Gasteiger partial charge in [0.05, 0.1) is 10.5 Å². The smallest absolute Gasteiger partial charge is 0.253 e. The predicted octanol–water partition coefficient (Wildman–Crippen LogP) is 5.64. The van der Waals surface area contributed by atoms with Crippen molar-refractivity contribution in [2.24, 2.45) is 10.2 Å². The van der Waals surface area contributed by atoms with E-state index in [0.717, 1.165) is 62.8 Å². The minimum atomic E-state index is -0.352. The van der Waals surface area contributed by atoms with Gasteiger partial charge in [0.2, 0.25) is 0 Å². The van der Waals surface area contributed by atoms with Crippen LogP contribution >= 0.6 is 34.9 Å². The van der Waals surface area contributed by atoms with Crippen molar-refractivity contribution in [3.63, 3.8) is 0 Å². The average molecular weight is 515 g/mol. The molecule has 8 nitrogen and oxygen atoms in total. The Hall–Kier alpha value is -1.46. The number of hydrogen-bond donors (Lipinski definition) is 2. The Bertz CT molecular complexity index is 718. The molecule has 11 heteroatoms. The van der Waals surface area contributed by atoms with E-state index >= 15 is 0 Å². The van der Waals surface area contributed by atoms with Gasteiger partial charge in [0.25, 0.3) is 11.8 Å². The molecule has 0 bridgehead atoms. The van der Waals surface area contributed by atoms with Crippen molar-refractivity contribution in [2.45, 2.75) is 112 Å². The van der Waals surface area contributed by atoms with Gasteiger partial charge in [-0.05, 0) is 39.5 Å². The van der Waals surface area contributed by atoms with E-state index in [1.807, 2.05) is 13.8 Å². The van der Waals surface area contributed by atoms with Gasteiger partial charge in [-0.15, -0.1) is 10.2 Å². The van der Waals surface area contributed by atoms with Crippen molar-refractivity contribution in [3.05, 3.63) is 0 Å². The monoisotopic (exact) mass is 514 g/mol. The molecule has 0 saturated carbocycles. The number of nitrogens with one attached hydrogen (secondary N) is 2. The maximum absolute atomic E-state index is 12.4. The molecule has 0 fully saturated rings. The molecule has 2 atom stereocenters. The highest BCUT2D eigenvalue weighted by Crippen LogP contribution is 2.33. The number of nitrogens with zero attached hydrogens (tertiary/aromatic N) is 4. The van der Waals surface area contributed by atoms with Crippen molar-refractivity contribution >= 4 is 58.1 Å². The van der Waals surface area contributed by atoms with Crippen LogP contribution in [0.15, 0.2) is 18.9 Å². The van der Waals surface area contributed by atoms with Gasteiger partial charge in [0.1, 0.15) is 0 Å². The SMILES string of the molecule is CCCC(CCC)=NNC(=O)[C@H](C)Sc1nnc(S[C@H](C)C(=O)NN=C(CCC)CCC)s1. The zero-order valence-electron chi connectivity index (χ0n) is 20.6. The summed E-state index contributed by atoms with van der Waals surface area (Å²) in [6.07, 6.45) is 7.59. The Morgan fingerprint density at radius 2 is 1.09 bits per heavy atom. The number of amides is 2. The van der Waals surface area contributed by atoms with Crippen molar-refractivity contribution in [1.82, 2.24) is 21.0 Å². The minimum Gasteiger partial charge on any atom is -0.272 e. The van der Waals surface area contributed by atoms with Gasteiger partial charge < -0.3 is 0 Å². The Labute approximate surface area is 210 Å². The summed E-state index contributed by atoms with van der Waals surface area (Å²) in [5, 5.41) is 16.2. The average Bonchev–Trinajstić information content (AvgIpc) is 3.22. The van der Waals surface area contributed by atoms with Gasteiger partial charge in [-0.2, -0.15) is 10.2 Å². The zero-order valence-corrected chi connectivity index (χ0v) is 23.1. The molecule has 1 aromatic heterocycles. The lowest BCUT2D eigenvalue weighted by molar-refractivity contribution is -0.121. The molecule has 0 aliphatic carbocycles. The van der Waals surface area contributed by atoms with Gasteiger partial charge >= 0.3 is 0 Å². The normalized spacial score (nSPS) is 12.5. The van der Waals surface area contributed by atoms with Crippen LogP contribution < -0.4 is 10.9 Å². The van der Waals surface area contributed by atoms with Crippen molar-refractivity contribution in [3.8, 4) is 0 Å². The van der Waals surface area contributed by atoms with Crippen LogP contribution in [0.3, 0.4) is 0 Å². The van der Waals surface area contributed by atoms with Crippen LogP contribution in [0.4, 0.5) is 0 Å². The Balaban J connectivity index is 2.58. The summed E-state index contributed by atoms with van der Waals surface area (Å²) in [4.78, 5) is 24.8. The molecule has 0 aliphatic rings. The van der Waals surface area contributed by atoms with Crippen molar-refractivity contribution in [1.29, 1.82) is 0 Å². The van der Waals surface area contributed by atoms with Crippen LogP contribution in [0.5, 0.6) is 0 Å². The third kappa shape index (κ3) is 12.0. The molecule has 0 spiro atoms. The number of hydrazone groups is 2. The van der Waals surface area contributed by atoms with Crippen LogP contribution in [-0.2, 0) is 9.59 Å². The summed E-state index contributed by atoms with van der Waals surface area (Å²) in [5.74, 6) is -0.315. The number of rotatable bonds is 16. The summed E-state index contributed by atoms with van der Waals surface area (Å²) in [7, 11) is 0. The summed E-state index contributed by atoms with van der Waals surface area (Å²) < 4.78 is 1.37. The molecule has 0 saturated heterocycles. The third-order valence-electron chi connectivity index (χ3n) is 4.48. The highest BCUT2D eigenvalue weighted by atomic mass is 32.2. The van der Waals surface area contributed by atoms with Gasteiger partial charge in [-0.3, -0.25) is 9.59 Å². The molecule has 2 N–H and O–H groups in total. The molecule has 0 unspecified atom stereocenters. The number of thioether (sulfide) groups is 2. The molecule has 33 heavy (non-hydrogen) atoms. The molecule has 1 aromatic rings. The fourth-order valence-corrected chi connectivity index (χ4v) is 6.08. The summed E-state index contributed by atoms with van der Waals surface area (Å²) >= 11 is 4.06. The standard InChI is InChI=1S/C22H38N6O2S3/c1-7-11-17(12-8-2)23-25-19(29)15(5)31-21-27-28-22(33-21)32-16(6)20(30)26-24-18(13-9-3)14-10-4/h15-16H,7-14H2,1-6H3,(H,25,29)(H,26,30)/t15-,16+. The molecule has 0 radical (unpaired) electrons. The molecule has 1 heterocycles. The number of carbonyl (C=O) groups excluding carboxylic acids is 2. The maximum Gasteiger partial charge on any atom is 0.253 e. The van der Waals surface area contributed by atoms with Crippen LogP contribution in [0.1, 0.15) is 92.9 Å². The fourth-order valence-electron chi connectivity index (χ4n) is 2.78. The number of carbonyl (C=O) groups is 2. The second kappa shape index (κ2) is 17.0. The number of aromatic nitrogens is 2. The van der Waals surface area contributed by atoms with E-state index in [0.29, 0.717) is 8.68 Å². The largest absolute Gasteiger partial charge is 0.272 e. The van der Waals surface area contributed by atoms with Gasteiger partial charge in [0, 0.05) is 11.4 Å². The molecular weight excluding hydrogens is 476 g/mol. The fraction of sp³-hybridized carbons (Fsp3) is 0.727. The summed E-state index contributed by atoms with van der Waals surface area (Å²) in [6.45, 7) is 12.0. The van der Waals surface area contributed by atoms with Crippen LogP contribution in [0.25, 0.3) is 0 Å². The number of hydrogen-bond acceptors (Lipinski definition) is 9. The van der Waals surface area contributed by atoms with E-state index in [4.69, 9.17) is 0 Å². The van der Waals surface area contributed by atoms with E-state index in [2.05, 4.69) is 58.9 Å². The Morgan fingerprint density at radius 1 is 0.758 bits per heavy atom. The first kappa shape index (κ1) is 29.6. The molecule has 0 aliphatic heterocycles. The maximum atomic E-state index is 12.4. The van der Waals surface area contributed by atoms with E-state index in [1.54, 1.807) is 0 Å². The van der Waals surface area contributed by atoms with Gasteiger partial charge in [-0.1, -0.05) is 88.2 Å². The second-order valence-electron chi connectivity index (χ2n) is 7.66. The second-order valence-corrected chi connectivity index (χ2v) is 11.8.